The molecular weight excluding hydrogens is 262 g/mol. The van der Waals surface area contributed by atoms with E-state index in [0.717, 1.165) is 42.3 Å². The van der Waals surface area contributed by atoms with Crippen molar-refractivity contribution in [2.45, 2.75) is 19.9 Å². The van der Waals surface area contributed by atoms with Crippen LogP contribution in [0.3, 0.4) is 0 Å². The van der Waals surface area contributed by atoms with Crippen LogP contribution in [0.5, 0.6) is 5.75 Å². The van der Waals surface area contributed by atoms with E-state index in [4.69, 9.17) is 4.74 Å². The maximum atomic E-state index is 5.28. The van der Waals surface area contributed by atoms with Crippen molar-refractivity contribution in [3.8, 4) is 5.75 Å². The zero-order valence-corrected chi connectivity index (χ0v) is 13.0. The van der Waals surface area contributed by atoms with E-state index in [1.165, 1.54) is 0 Å². The van der Waals surface area contributed by atoms with Gasteiger partial charge < -0.3 is 15.0 Å². The molecule has 21 heavy (non-hydrogen) atoms. The Kier molecular flexibility index (Phi) is 5.58. The van der Waals surface area contributed by atoms with Gasteiger partial charge in [0.25, 0.3) is 0 Å². The first-order valence-electron chi connectivity index (χ1n) is 7.28. The summed E-state index contributed by atoms with van der Waals surface area (Å²) in [5, 5.41) is 3.37. The molecule has 0 unspecified atom stereocenters. The lowest BCUT2D eigenvalue weighted by molar-refractivity contribution is 0.415. The van der Waals surface area contributed by atoms with Gasteiger partial charge >= 0.3 is 0 Å². The lowest BCUT2D eigenvalue weighted by Gasteiger charge is -2.20. The van der Waals surface area contributed by atoms with Crippen molar-refractivity contribution >= 4 is 11.4 Å². The van der Waals surface area contributed by atoms with E-state index in [2.05, 4.69) is 34.3 Å². The Balaban J connectivity index is 2.14. The van der Waals surface area contributed by atoms with Crippen molar-refractivity contribution in [3.05, 3.63) is 48.3 Å². The van der Waals surface area contributed by atoms with Crippen LogP contribution in [0.25, 0.3) is 0 Å². The van der Waals surface area contributed by atoms with E-state index in [1.807, 2.05) is 37.5 Å². The van der Waals surface area contributed by atoms with E-state index in [9.17, 15) is 0 Å². The highest BCUT2D eigenvalue weighted by molar-refractivity contribution is 5.63. The quantitative estimate of drug-likeness (QED) is 0.792. The molecule has 0 aliphatic heterocycles. The Bertz CT molecular complexity index is 571. The second kappa shape index (κ2) is 7.64. The summed E-state index contributed by atoms with van der Waals surface area (Å²) in [4.78, 5) is 6.54. The third-order valence-electron chi connectivity index (χ3n) is 3.36. The van der Waals surface area contributed by atoms with Gasteiger partial charge in [0.2, 0.25) is 0 Å². The van der Waals surface area contributed by atoms with E-state index >= 15 is 0 Å². The standard InChI is InChI=1S/C17H23N3O/c1-4-9-18-13-14-11-16(8-10-19-14)20(2)15-6-5-7-17(12-15)21-3/h5-8,10-12,18H,4,9,13H2,1-3H3. The second-order valence-corrected chi connectivity index (χ2v) is 4.94. The highest BCUT2D eigenvalue weighted by atomic mass is 16.5. The van der Waals surface area contributed by atoms with Crippen LogP contribution < -0.4 is 15.0 Å². The van der Waals surface area contributed by atoms with Crippen molar-refractivity contribution in [3.63, 3.8) is 0 Å². The Morgan fingerprint density at radius 2 is 2.00 bits per heavy atom. The van der Waals surface area contributed by atoms with E-state index in [-0.39, 0.29) is 0 Å². The summed E-state index contributed by atoms with van der Waals surface area (Å²) in [6.07, 6.45) is 2.98. The molecule has 112 valence electrons. The average Bonchev–Trinajstić information content (AvgIpc) is 2.55. The molecule has 4 nitrogen and oxygen atoms in total. The number of nitrogens with zero attached hydrogens (tertiary/aromatic N) is 2. The second-order valence-electron chi connectivity index (χ2n) is 4.94. The molecule has 2 rings (SSSR count). The van der Waals surface area contributed by atoms with E-state index in [1.54, 1.807) is 7.11 Å². The maximum Gasteiger partial charge on any atom is 0.120 e. The van der Waals surface area contributed by atoms with Gasteiger partial charge in [-0.15, -0.1) is 0 Å². The van der Waals surface area contributed by atoms with E-state index < -0.39 is 0 Å². The summed E-state index contributed by atoms with van der Waals surface area (Å²) in [6.45, 7) is 3.97. The van der Waals surface area contributed by atoms with Crippen LogP contribution in [0.15, 0.2) is 42.6 Å². The lowest BCUT2D eigenvalue weighted by Crippen LogP contribution is -2.16. The molecule has 4 heteroatoms. The van der Waals surface area contributed by atoms with E-state index in [0.29, 0.717) is 0 Å². The van der Waals surface area contributed by atoms with Crippen molar-refractivity contribution in [2.75, 3.05) is 25.6 Å². The SMILES string of the molecule is CCCNCc1cc(N(C)c2cccc(OC)c2)ccn1. The Labute approximate surface area is 126 Å². The predicted octanol–water partition coefficient (Wildman–Crippen LogP) is 3.36. The minimum Gasteiger partial charge on any atom is -0.497 e. The summed E-state index contributed by atoms with van der Waals surface area (Å²) >= 11 is 0. The lowest BCUT2D eigenvalue weighted by atomic mass is 10.2. The highest BCUT2D eigenvalue weighted by Crippen LogP contribution is 2.26. The van der Waals surface area contributed by atoms with Gasteiger partial charge in [-0.05, 0) is 37.2 Å². The van der Waals surface area contributed by atoms with Crippen molar-refractivity contribution in [1.29, 1.82) is 0 Å². The normalized spacial score (nSPS) is 10.4. The number of methoxy groups -OCH3 is 1. The molecule has 1 heterocycles. The van der Waals surface area contributed by atoms with Crippen molar-refractivity contribution in [2.24, 2.45) is 0 Å². The first-order chi connectivity index (χ1) is 10.2. The molecule has 0 aliphatic carbocycles. The molecule has 0 saturated carbocycles. The molecule has 1 N–H and O–H groups in total. The summed E-state index contributed by atoms with van der Waals surface area (Å²) in [6, 6.07) is 12.2. The number of pyridine rings is 1. The molecule has 1 aromatic carbocycles. The fourth-order valence-electron chi connectivity index (χ4n) is 2.13. The summed E-state index contributed by atoms with van der Waals surface area (Å²) in [5.41, 5.74) is 3.26. The molecular formula is C17H23N3O. The number of ether oxygens (including phenoxy) is 1. The zero-order chi connectivity index (χ0) is 15.1. The first kappa shape index (κ1) is 15.3. The summed E-state index contributed by atoms with van der Waals surface area (Å²) < 4.78 is 5.28. The fraction of sp³-hybridized carbons (Fsp3) is 0.353. The molecule has 0 saturated heterocycles. The van der Waals surface area contributed by atoms with Gasteiger partial charge in [-0.2, -0.15) is 0 Å². The molecule has 2 aromatic rings. The van der Waals surface area contributed by atoms with Crippen LogP contribution >= 0.6 is 0 Å². The van der Waals surface area contributed by atoms with Gasteiger partial charge in [-0.25, -0.2) is 0 Å². The van der Waals surface area contributed by atoms with Crippen LogP contribution in [0, 0.1) is 0 Å². The molecule has 0 fully saturated rings. The number of hydrogen-bond donors (Lipinski definition) is 1. The first-order valence-corrected chi connectivity index (χ1v) is 7.28. The molecule has 0 bridgehead atoms. The van der Waals surface area contributed by atoms with Gasteiger partial charge in [0.15, 0.2) is 0 Å². The number of hydrogen-bond acceptors (Lipinski definition) is 4. The average molecular weight is 285 g/mol. The van der Waals surface area contributed by atoms with Gasteiger partial charge in [0.05, 0.1) is 12.8 Å². The van der Waals surface area contributed by atoms with Crippen LogP contribution in [0.1, 0.15) is 19.0 Å². The number of anilines is 2. The fourth-order valence-corrected chi connectivity index (χ4v) is 2.13. The molecule has 1 aromatic heterocycles. The smallest absolute Gasteiger partial charge is 0.120 e. The molecule has 0 radical (unpaired) electrons. The highest BCUT2D eigenvalue weighted by Gasteiger charge is 2.06. The minimum absolute atomic E-state index is 0.799. The van der Waals surface area contributed by atoms with Gasteiger partial charge in [-0.3, -0.25) is 4.98 Å². The van der Waals surface area contributed by atoms with Crippen molar-refractivity contribution in [1.82, 2.24) is 10.3 Å². The number of aromatic nitrogens is 1. The predicted molar refractivity (Wildman–Crippen MR) is 87.3 cm³/mol. The Hall–Kier alpha value is -2.07. The topological polar surface area (TPSA) is 37.4 Å². The molecule has 0 atom stereocenters. The monoisotopic (exact) mass is 285 g/mol. The summed E-state index contributed by atoms with van der Waals surface area (Å²) in [7, 11) is 3.73. The Morgan fingerprint density at radius 1 is 1.19 bits per heavy atom. The third-order valence-corrected chi connectivity index (χ3v) is 3.36. The van der Waals surface area contributed by atoms with Crippen molar-refractivity contribution < 1.29 is 4.74 Å². The van der Waals surface area contributed by atoms with Gasteiger partial charge in [0, 0.05) is 37.2 Å². The van der Waals surface area contributed by atoms with Gasteiger partial charge in [0.1, 0.15) is 5.75 Å². The third kappa shape index (κ3) is 4.20. The zero-order valence-electron chi connectivity index (χ0n) is 13.0. The largest absolute Gasteiger partial charge is 0.497 e. The Morgan fingerprint density at radius 3 is 2.76 bits per heavy atom. The number of benzene rings is 1. The number of nitrogens with one attached hydrogen (secondary N) is 1. The van der Waals surface area contributed by atoms with Crippen LogP contribution in [-0.4, -0.2) is 25.7 Å². The number of rotatable bonds is 7. The van der Waals surface area contributed by atoms with Crippen LogP contribution in [-0.2, 0) is 6.54 Å². The van der Waals surface area contributed by atoms with Crippen LogP contribution in [0.2, 0.25) is 0 Å². The summed E-state index contributed by atoms with van der Waals surface area (Å²) in [5.74, 6) is 0.859. The molecule has 0 aliphatic rings. The minimum atomic E-state index is 0.799. The molecule has 0 amide bonds. The van der Waals surface area contributed by atoms with Crippen LogP contribution in [0.4, 0.5) is 11.4 Å². The molecule has 0 spiro atoms. The maximum absolute atomic E-state index is 5.28. The van der Waals surface area contributed by atoms with Gasteiger partial charge in [-0.1, -0.05) is 13.0 Å².